The topological polar surface area (TPSA) is 87.2 Å². The van der Waals surface area contributed by atoms with Gasteiger partial charge >= 0.3 is 5.97 Å². The third-order valence-corrected chi connectivity index (χ3v) is 7.14. The van der Waals surface area contributed by atoms with E-state index in [1.165, 1.54) is 70.6 Å². The molecule has 0 unspecified atom stereocenters. The second-order valence-corrected chi connectivity index (χ2v) is 11.1. The van der Waals surface area contributed by atoms with E-state index in [1.807, 2.05) is 4.90 Å². The Labute approximate surface area is 209 Å². The Balaban J connectivity index is 1.86. The molecule has 34 heavy (non-hydrogen) atoms. The highest BCUT2D eigenvalue weighted by atomic mass is 32.2. The maximum atomic E-state index is 11.9. The van der Waals surface area contributed by atoms with Crippen LogP contribution in [0, 0.1) is 0 Å². The summed E-state index contributed by atoms with van der Waals surface area (Å²) in [4.78, 5) is 16.2. The highest BCUT2D eigenvalue weighted by Gasteiger charge is 2.18. The number of ether oxygens (including phenoxy) is 1. The molecule has 1 aliphatic rings. The lowest BCUT2D eigenvalue weighted by molar-refractivity contribution is -0.144. The van der Waals surface area contributed by atoms with Gasteiger partial charge in [0.15, 0.2) is 0 Å². The Hall–Kier alpha value is -0.960. The van der Waals surface area contributed by atoms with Crippen molar-refractivity contribution < 1.29 is 22.5 Å². The lowest BCUT2D eigenvalue weighted by Gasteiger charge is -2.34. The van der Waals surface area contributed by atoms with E-state index in [2.05, 4.69) is 24.0 Å². The molecule has 1 saturated heterocycles. The number of hydrogen-bond acceptors (Lipinski definition) is 6. The molecular weight excluding hydrogens is 452 g/mol. The first-order valence-electron chi connectivity index (χ1n) is 13.6. The average molecular weight is 503 g/mol. The highest BCUT2D eigenvalue weighted by Crippen LogP contribution is 2.10. The zero-order valence-corrected chi connectivity index (χ0v) is 22.4. The highest BCUT2D eigenvalue weighted by molar-refractivity contribution is 7.85. The number of allylic oxidation sites excluding steroid dienone is 2. The van der Waals surface area contributed by atoms with Crippen molar-refractivity contribution in [2.75, 3.05) is 51.6 Å². The standard InChI is InChI=1S/C26H50N2O5S/c1-2-3-4-5-6-7-8-9-10-11-12-13-14-15-16-17-26(29)33-24-22-27-18-20-28(21-19-27)23-25-34(30,31)32/h9-10H,2-8,11-25H2,1H3,(H,30,31,32). The molecule has 0 aromatic heterocycles. The molecule has 7 nitrogen and oxygen atoms in total. The van der Waals surface area contributed by atoms with E-state index in [0.29, 0.717) is 26.1 Å². The molecule has 1 rings (SSSR count). The van der Waals surface area contributed by atoms with E-state index in [4.69, 9.17) is 9.29 Å². The van der Waals surface area contributed by atoms with Crippen LogP contribution in [0.5, 0.6) is 0 Å². The number of carbonyl (C=O) groups excluding carboxylic acids is 1. The van der Waals surface area contributed by atoms with Gasteiger partial charge in [-0.3, -0.25) is 19.1 Å². The summed E-state index contributed by atoms with van der Waals surface area (Å²) in [5.41, 5.74) is 0. The molecule has 1 heterocycles. The molecular formula is C26H50N2O5S. The third-order valence-electron chi connectivity index (χ3n) is 6.44. The van der Waals surface area contributed by atoms with E-state index in [1.54, 1.807) is 0 Å². The van der Waals surface area contributed by atoms with E-state index in [9.17, 15) is 13.2 Å². The molecule has 0 aliphatic carbocycles. The molecule has 8 heteroatoms. The summed E-state index contributed by atoms with van der Waals surface area (Å²) in [5.74, 6) is -0.328. The van der Waals surface area contributed by atoms with Crippen molar-refractivity contribution >= 4 is 16.1 Å². The molecule has 0 radical (unpaired) electrons. The van der Waals surface area contributed by atoms with Crippen molar-refractivity contribution in [1.29, 1.82) is 0 Å². The number of esters is 1. The Morgan fingerprint density at radius 1 is 0.794 bits per heavy atom. The predicted molar refractivity (Wildman–Crippen MR) is 140 cm³/mol. The molecule has 1 fully saturated rings. The molecule has 200 valence electrons. The molecule has 0 aromatic rings. The van der Waals surface area contributed by atoms with Gasteiger partial charge in [0, 0.05) is 45.7 Å². The monoisotopic (exact) mass is 502 g/mol. The van der Waals surface area contributed by atoms with Gasteiger partial charge in [0.1, 0.15) is 6.61 Å². The van der Waals surface area contributed by atoms with Crippen LogP contribution in [0.3, 0.4) is 0 Å². The molecule has 0 amide bonds. The number of unbranched alkanes of at least 4 members (excludes halogenated alkanes) is 11. The van der Waals surface area contributed by atoms with Gasteiger partial charge in [-0.05, 0) is 32.1 Å². The third kappa shape index (κ3) is 19.4. The number of hydrogen-bond donors (Lipinski definition) is 1. The summed E-state index contributed by atoms with van der Waals surface area (Å²) in [7, 11) is -3.90. The number of carbonyl (C=O) groups is 1. The van der Waals surface area contributed by atoms with Crippen LogP contribution in [0.1, 0.15) is 96.8 Å². The van der Waals surface area contributed by atoms with Crippen molar-refractivity contribution in [1.82, 2.24) is 9.80 Å². The van der Waals surface area contributed by atoms with Gasteiger partial charge in [0.2, 0.25) is 0 Å². The lowest BCUT2D eigenvalue weighted by Crippen LogP contribution is -2.48. The van der Waals surface area contributed by atoms with Gasteiger partial charge in [0.05, 0.1) is 5.75 Å². The summed E-state index contributed by atoms with van der Waals surface area (Å²) < 4.78 is 35.9. The van der Waals surface area contributed by atoms with Gasteiger partial charge in [-0.15, -0.1) is 0 Å². The van der Waals surface area contributed by atoms with E-state index < -0.39 is 10.1 Å². The van der Waals surface area contributed by atoms with Gasteiger partial charge in [-0.25, -0.2) is 0 Å². The number of piperazine rings is 1. The second-order valence-electron chi connectivity index (χ2n) is 9.52. The van der Waals surface area contributed by atoms with E-state index >= 15 is 0 Å². The molecule has 1 aliphatic heterocycles. The first kappa shape index (κ1) is 31.1. The molecule has 0 aromatic carbocycles. The quantitative estimate of drug-likeness (QED) is 0.101. The van der Waals surface area contributed by atoms with Crippen molar-refractivity contribution in [3.8, 4) is 0 Å². The molecule has 0 saturated carbocycles. The fourth-order valence-electron chi connectivity index (χ4n) is 4.18. The zero-order chi connectivity index (χ0) is 24.9. The molecule has 1 N–H and O–H groups in total. The smallest absolute Gasteiger partial charge is 0.305 e. The minimum atomic E-state index is -3.90. The fraction of sp³-hybridized carbons (Fsp3) is 0.885. The van der Waals surface area contributed by atoms with Gasteiger partial charge in [-0.1, -0.05) is 70.4 Å². The minimum Gasteiger partial charge on any atom is -0.464 e. The second kappa shape index (κ2) is 20.3. The summed E-state index contributed by atoms with van der Waals surface area (Å²) in [6.45, 7) is 6.90. The molecule has 0 atom stereocenters. The van der Waals surface area contributed by atoms with E-state index in [-0.39, 0.29) is 11.7 Å². The van der Waals surface area contributed by atoms with Crippen molar-refractivity contribution in [3.05, 3.63) is 12.2 Å². The summed E-state index contributed by atoms with van der Waals surface area (Å²) >= 11 is 0. The number of nitrogens with zero attached hydrogens (tertiary/aromatic N) is 2. The first-order valence-corrected chi connectivity index (χ1v) is 15.2. The maximum absolute atomic E-state index is 11.9. The summed E-state index contributed by atoms with van der Waals surface area (Å²) in [6, 6.07) is 0. The zero-order valence-electron chi connectivity index (χ0n) is 21.6. The Morgan fingerprint density at radius 2 is 1.29 bits per heavy atom. The predicted octanol–water partition coefficient (Wildman–Crippen LogP) is 5.07. The molecule has 0 bridgehead atoms. The van der Waals surface area contributed by atoms with Gasteiger partial charge in [-0.2, -0.15) is 8.42 Å². The van der Waals surface area contributed by atoms with Crippen LogP contribution in [-0.4, -0.2) is 80.4 Å². The lowest BCUT2D eigenvalue weighted by atomic mass is 10.1. The van der Waals surface area contributed by atoms with Crippen LogP contribution in [-0.2, 0) is 19.6 Å². The van der Waals surface area contributed by atoms with Crippen LogP contribution in [0.25, 0.3) is 0 Å². The summed E-state index contributed by atoms with van der Waals surface area (Å²) in [5, 5.41) is 0. The Bertz CT molecular complexity index is 631. The first-order chi connectivity index (χ1) is 16.4. The van der Waals surface area contributed by atoms with E-state index in [0.717, 1.165) is 39.0 Å². The van der Waals surface area contributed by atoms with Crippen LogP contribution < -0.4 is 0 Å². The van der Waals surface area contributed by atoms with Crippen molar-refractivity contribution in [3.63, 3.8) is 0 Å². The maximum Gasteiger partial charge on any atom is 0.305 e. The molecule has 0 spiro atoms. The van der Waals surface area contributed by atoms with Gasteiger partial charge in [0.25, 0.3) is 10.1 Å². The van der Waals surface area contributed by atoms with Crippen LogP contribution in [0.4, 0.5) is 0 Å². The fourth-order valence-corrected chi connectivity index (χ4v) is 4.67. The average Bonchev–Trinajstić information content (AvgIpc) is 2.80. The van der Waals surface area contributed by atoms with Crippen LogP contribution in [0.2, 0.25) is 0 Å². The van der Waals surface area contributed by atoms with Crippen molar-refractivity contribution in [2.24, 2.45) is 0 Å². The van der Waals surface area contributed by atoms with Gasteiger partial charge < -0.3 is 4.74 Å². The Morgan fingerprint density at radius 3 is 1.85 bits per heavy atom. The van der Waals surface area contributed by atoms with Crippen molar-refractivity contribution in [2.45, 2.75) is 96.8 Å². The number of rotatable bonds is 21. The summed E-state index contributed by atoms with van der Waals surface area (Å²) in [6.07, 6.45) is 21.4. The van der Waals surface area contributed by atoms with Crippen LogP contribution >= 0.6 is 0 Å². The van der Waals surface area contributed by atoms with Crippen LogP contribution in [0.15, 0.2) is 12.2 Å². The Kier molecular flexibility index (Phi) is 18.5. The minimum absolute atomic E-state index is 0.107. The largest absolute Gasteiger partial charge is 0.464 e. The SMILES string of the molecule is CCCCCCCCC=CCCCCCCCC(=O)OCCN1CCN(CCS(=O)(=O)O)CC1. The normalized spacial score (nSPS) is 15.8.